The Morgan fingerprint density at radius 2 is 1.78 bits per heavy atom. The molecule has 0 aromatic heterocycles. The third-order valence-electron chi connectivity index (χ3n) is 4.01. The number of nitrogens with zero attached hydrogens (tertiary/aromatic N) is 2. The van der Waals surface area contributed by atoms with Crippen molar-refractivity contribution in [1.29, 1.82) is 0 Å². The van der Waals surface area contributed by atoms with Crippen molar-refractivity contribution in [3.8, 4) is 5.75 Å². The summed E-state index contributed by atoms with van der Waals surface area (Å²) in [5, 5.41) is 9.85. The van der Waals surface area contributed by atoms with Crippen molar-refractivity contribution in [2.75, 3.05) is 36.9 Å². The number of carbonyl (C=O) groups is 1. The topological polar surface area (TPSA) is 62.1 Å². The molecule has 0 aliphatic heterocycles. The summed E-state index contributed by atoms with van der Waals surface area (Å²) in [6.07, 6.45) is 1.47. The van der Waals surface area contributed by atoms with Gasteiger partial charge in [0.25, 0.3) is 0 Å². The van der Waals surface area contributed by atoms with Crippen LogP contribution in [0.2, 0.25) is 0 Å². The number of hydrogen-bond acceptors (Lipinski definition) is 5. The highest BCUT2D eigenvalue weighted by Crippen LogP contribution is 2.24. The van der Waals surface area contributed by atoms with E-state index >= 15 is 0 Å². The van der Waals surface area contributed by atoms with E-state index in [1.165, 1.54) is 13.3 Å². The second-order valence-corrected chi connectivity index (χ2v) is 6.48. The highest BCUT2D eigenvalue weighted by atomic mass is 35.5. The van der Waals surface area contributed by atoms with Crippen LogP contribution >= 0.6 is 23.2 Å². The van der Waals surface area contributed by atoms with Crippen LogP contribution in [0.5, 0.6) is 5.75 Å². The molecule has 0 heterocycles. The molecule has 0 bridgehead atoms. The molecule has 0 saturated heterocycles. The van der Waals surface area contributed by atoms with Crippen molar-refractivity contribution in [3.05, 3.63) is 59.7 Å². The van der Waals surface area contributed by atoms with Gasteiger partial charge in [0.15, 0.2) is 6.04 Å². The third-order valence-corrected chi connectivity index (χ3v) is 4.34. The normalized spacial score (nSPS) is 12.1. The summed E-state index contributed by atoms with van der Waals surface area (Å²) >= 11 is 11.7. The lowest BCUT2D eigenvalue weighted by Gasteiger charge is -2.23. The maximum atomic E-state index is 12.2. The van der Waals surface area contributed by atoms with Gasteiger partial charge in [0.05, 0.1) is 7.11 Å². The first-order valence-corrected chi connectivity index (χ1v) is 9.53. The maximum absolute atomic E-state index is 12.2. The molecule has 1 atom stereocenters. The lowest BCUT2D eigenvalue weighted by Crippen LogP contribution is -2.27. The van der Waals surface area contributed by atoms with Crippen LogP contribution < -0.4 is 4.90 Å². The average Bonchev–Trinajstić information content (AvgIpc) is 2.69. The fourth-order valence-electron chi connectivity index (χ4n) is 2.59. The zero-order chi connectivity index (χ0) is 19.6. The van der Waals surface area contributed by atoms with Gasteiger partial charge in [-0.25, -0.2) is 4.79 Å². The number of esters is 1. The molecule has 0 fully saturated rings. The first-order chi connectivity index (χ1) is 13.1. The third kappa shape index (κ3) is 5.88. The van der Waals surface area contributed by atoms with E-state index in [0.29, 0.717) is 36.0 Å². The predicted octanol–water partition coefficient (Wildman–Crippen LogP) is 4.01. The van der Waals surface area contributed by atoms with E-state index in [-0.39, 0.29) is 5.75 Å². The summed E-state index contributed by atoms with van der Waals surface area (Å²) in [6, 6.07) is 13.4. The van der Waals surface area contributed by atoms with Crippen LogP contribution in [0.15, 0.2) is 53.5 Å². The molecule has 0 spiro atoms. The second-order valence-electron chi connectivity index (χ2n) is 5.72. The number of carbonyl (C=O) groups excluding carboxylic acids is 1. The van der Waals surface area contributed by atoms with Crippen molar-refractivity contribution in [2.45, 2.75) is 6.04 Å². The Morgan fingerprint density at radius 3 is 2.33 bits per heavy atom. The first-order valence-electron chi connectivity index (χ1n) is 8.46. The van der Waals surface area contributed by atoms with Gasteiger partial charge in [0, 0.05) is 42.3 Å². The minimum absolute atomic E-state index is 0.0954. The van der Waals surface area contributed by atoms with E-state index in [1.54, 1.807) is 24.3 Å². The van der Waals surface area contributed by atoms with E-state index < -0.39 is 12.0 Å². The molecule has 2 aromatic carbocycles. The lowest BCUT2D eigenvalue weighted by atomic mass is 10.1. The van der Waals surface area contributed by atoms with Gasteiger partial charge >= 0.3 is 5.97 Å². The fraction of sp³-hybridized carbons (Fsp3) is 0.300. The molecule has 1 unspecified atom stereocenters. The van der Waals surface area contributed by atoms with Crippen LogP contribution in [0.3, 0.4) is 0 Å². The van der Waals surface area contributed by atoms with Crippen LogP contribution in [0.4, 0.5) is 5.69 Å². The number of phenolic OH excluding ortho intramolecular Hbond substituents is 1. The van der Waals surface area contributed by atoms with Crippen LogP contribution in [0, 0.1) is 0 Å². The number of aliphatic imine (C=N–C) groups is 1. The number of rotatable bonds is 9. The summed E-state index contributed by atoms with van der Waals surface area (Å²) in [5.74, 6) is 0.605. The van der Waals surface area contributed by atoms with Crippen molar-refractivity contribution < 1.29 is 14.6 Å². The number of alkyl halides is 2. The van der Waals surface area contributed by atoms with Gasteiger partial charge in [-0.3, -0.25) is 4.99 Å². The predicted molar refractivity (Wildman–Crippen MR) is 111 cm³/mol. The van der Waals surface area contributed by atoms with Crippen molar-refractivity contribution in [2.24, 2.45) is 4.99 Å². The summed E-state index contributed by atoms with van der Waals surface area (Å²) in [7, 11) is 1.32. The Bertz CT molecular complexity index is 760. The molecule has 1 N–H and O–H groups in total. The zero-order valence-corrected chi connectivity index (χ0v) is 16.5. The highest BCUT2D eigenvalue weighted by Gasteiger charge is 2.20. The van der Waals surface area contributed by atoms with Crippen LogP contribution in [0.25, 0.3) is 0 Å². The molecule has 0 aliphatic carbocycles. The van der Waals surface area contributed by atoms with Gasteiger partial charge in [-0.2, -0.15) is 0 Å². The molecule has 144 valence electrons. The van der Waals surface area contributed by atoms with Crippen LogP contribution in [0.1, 0.15) is 17.2 Å². The van der Waals surface area contributed by atoms with E-state index in [1.807, 2.05) is 24.3 Å². The number of ether oxygens (including phenoxy) is 1. The van der Waals surface area contributed by atoms with Gasteiger partial charge in [-0.15, -0.1) is 23.2 Å². The lowest BCUT2D eigenvalue weighted by molar-refractivity contribution is -0.142. The molecule has 0 amide bonds. The van der Waals surface area contributed by atoms with Gasteiger partial charge in [-0.05, 0) is 29.8 Å². The molecule has 0 radical (unpaired) electrons. The van der Waals surface area contributed by atoms with Gasteiger partial charge in [0.1, 0.15) is 5.75 Å². The fourth-order valence-corrected chi connectivity index (χ4v) is 3.00. The molecule has 2 aromatic rings. The highest BCUT2D eigenvalue weighted by molar-refractivity contribution is 6.18. The molecule has 0 aliphatic rings. The number of benzene rings is 2. The second kappa shape index (κ2) is 10.8. The standard InChI is InChI=1S/C20H22Cl2N2O3/c1-27-20(26)19(23-14-16-4-2-3-5-18(16)25)15-6-8-17(9-7-15)24(12-10-21)13-11-22/h2-9,14,19,25H,10-13H2,1H3. The summed E-state index contributed by atoms with van der Waals surface area (Å²) < 4.78 is 4.88. The zero-order valence-electron chi connectivity index (χ0n) is 15.0. The number of halogens is 2. The van der Waals surface area contributed by atoms with E-state index in [4.69, 9.17) is 27.9 Å². The van der Waals surface area contributed by atoms with E-state index in [2.05, 4.69) is 9.89 Å². The van der Waals surface area contributed by atoms with Crippen LogP contribution in [-0.4, -0.2) is 49.2 Å². The molecule has 0 saturated carbocycles. The summed E-state index contributed by atoms with van der Waals surface area (Å²) in [4.78, 5) is 18.6. The number of phenols is 1. The molecule has 5 nitrogen and oxygen atoms in total. The quantitative estimate of drug-likeness (QED) is 0.386. The van der Waals surface area contributed by atoms with Gasteiger partial charge in [-0.1, -0.05) is 24.3 Å². The molecular formula is C20H22Cl2N2O3. The van der Waals surface area contributed by atoms with Gasteiger partial charge in [0.2, 0.25) is 0 Å². The minimum Gasteiger partial charge on any atom is -0.507 e. The van der Waals surface area contributed by atoms with Crippen molar-refractivity contribution >= 4 is 41.1 Å². The SMILES string of the molecule is COC(=O)C(N=Cc1ccccc1O)c1ccc(N(CCCl)CCCl)cc1. The van der Waals surface area contributed by atoms with Gasteiger partial charge < -0.3 is 14.7 Å². The summed E-state index contributed by atoms with van der Waals surface area (Å²) in [5.41, 5.74) is 2.18. The van der Waals surface area contributed by atoms with E-state index in [9.17, 15) is 9.90 Å². The molecule has 2 rings (SSSR count). The Morgan fingerprint density at radius 1 is 1.15 bits per heavy atom. The minimum atomic E-state index is -0.821. The summed E-state index contributed by atoms with van der Waals surface area (Å²) in [6.45, 7) is 1.36. The number of para-hydroxylation sites is 1. The van der Waals surface area contributed by atoms with Crippen LogP contribution in [-0.2, 0) is 9.53 Å². The maximum Gasteiger partial charge on any atom is 0.335 e. The van der Waals surface area contributed by atoms with E-state index in [0.717, 1.165) is 5.69 Å². The number of hydrogen-bond donors (Lipinski definition) is 1. The monoisotopic (exact) mass is 408 g/mol. The molecule has 7 heteroatoms. The number of methoxy groups -OCH3 is 1. The van der Waals surface area contributed by atoms with Crippen molar-refractivity contribution in [1.82, 2.24) is 0 Å². The smallest absolute Gasteiger partial charge is 0.335 e. The largest absolute Gasteiger partial charge is 0.507 e. The van der Waals surface area contributed by atoms with Crippen molar-refractivity contribution in [3.63, 3.8) is 0 Å². The first kappa shape index (κ1) is 21.1. The number of anilines is 1. The average molecular weight is 409 g/mol. The Kier molecular flexibility index (Phi) is 8.43. The number of aromatic hydroxyl groups is 1. The molecular weight excluding hydrogens is 387 g/mol. The Labute approximate surface area is 169 Å². The Hall–Kier alpha value is -2.24. The molecule has 27 heavy (non-hydrogen) atoms. The Balaban J connectivity index is 2.26.